The molecule has 0 aliphatic heterocycles. The Hall–Kier alpha value is 0.187. The zero-order valence-corrected chi connectivity index (χ0v) is 8.04. The van der Waals surface area contributed by atoms with E-state index in [1.165, 1.54) is 25.3 Å². The molecule has 0 rings (SSSR count). The van der Waals surface area contributed by atoms with Crippen LogP contribution >= 0.6 is 11.6 Å². The molecular weight excluding hydrogens is 150 g/mol. The zero-order chi connectivity index (χ0) is 7.66. The smallest absolute Gasteiger partial charge is 0.0682 e. The van der Waals surface area contributed by atoms with Crippen LogP contribution in [0, 0.1) is 17.4 Å². The molecule has 0 aliphatic rings. The molecular formula is C9H12ClLi. The molecule has 0 atom stereocenters. The van der Waals surface area contributed by atoms with Gasteiger partial charge in [0, 0.05) is 31.4 Å². The molecule has 0 aromatic heterocycles. The second-order valence-corrected chi connectivity index (χ2v) is 2.25. The topological polar surface area (TPSA) is 0 Å². The van der Waals surface area contributed by atoms with Crippen LogP contribution in [0.5, 0.6) is 0 Å². The normalized spacial score (nSPS) is 8.55. The molecule has 0 amide bonds. The van der Waals surface area contributed by atoms with Gasteiger partial charge in [-0.3, -0.25) is 0 Å². The Morgan fingerprint density at radius 1 is 1.36 bits per heavy atom. The van der Waals surface area contributed by atoms with Crippen molar-refractivity contribution in [1.82, 2.24) is 0 Å². The molecule has 0 saturated carbocycles. The second-order valence-electron chi connectivity index (χ2n) is 2.03. The van der Waals surface area contributed by atoms with E-state index in [2.05, 4.69) is 24.3 Å². The first-order chi connectivity index (χ1) is 4.91. The molecule has 11 heavy (non-hydrogen) atoms. The summed E-state index contributed by atoms with van der Waals surface area (Å²) in [5, 5.41) is 0. The molecule has 0 bridgehead atoms. The van der Waals surface area contributed by atoms with Crippen LogP contribution in [0.25, 0.3) is 0 Å². The van der Waals surface area contributed by atoms with E-state index in [9.17, 15) is 0 Å². The van der Waals surface area contributed by atoms with Gasteiger partial charge < -0.3 is 0 Å². The minimum absolute atomic E-state index is 0. The van der Waals surface area contributed by atoms with Crippen molar-refractivity contribution in [3.05, 3.63) is 11.6 Å². The first-order valence-corrected chi connectivity index (χ1v) is 3.95. The first-order valence-electron chi connectivity index (χ1n) is 3.58. The van der Waals surface area contributed by atoms with Crippen LogP contribution in [0.15, 0.2) is 6.08 Å². The molecule has 2 heteroatoms. The summed E-state index contributed by atoms with van der Waals surface area (Å²) in [6.07, 6.45) is 6.22. The molecule has 2 radical (unpaired) electrons. The van der Waals surface area contributed by atoms with Crippen molar-refractivity contribution >= 4 is 30.5 Å². The van der Waals surface area contributed by atoms with E-state index < -0.39 is 0 Å². The minimum atomic E-state index is 0. The van der Waals surface area contributed by atoms with E-state index in [1.54, 1.807) is 0 Å². The molecule has 0 nitrogen and oxygen atoms in total. The average Bonchev–Trinajstić information content (AvgIpc) is 1.97. The van der Waals surface area contributed by atoms with Crippen molar-refractivity contribution in [3.8, 4) is 11.8 Å². The number of halogens is 1. The van der Waals surface area contributed by atoms with Crippen LogP contribution in [0.3, 0.4) is 0 Å². The third-order valence-electron chi connectivity index (χ3n) is 1.13. The van der Waals surface area contributed by atoms with Gasteiger partial charge in [-0.25, -0.2) is 0 Å². The van der Waals surface area contributed by atoms with Crippen LogP contribution in [0.1, 0.15) is 32.6 Å². The van der Waals surface area contributed by atoms with Crippen molar-refractivity contribution in [2.45, 2.75) is 32.6 Å². The van der Waals surface area contributed by atoms with Gasteiger partial charge in [0.2, 0.25) is 0 Å². The Kier molecular flexibility index (Phi) is 16.0. The molecule has 0 saturated heterocycles. The van der Waals surface area contributed by atoms with Crippen molar-refractivity contribution in [2.75, 3.05) is 0 Å². The van der Waals surface area contributed by atoms with Gasteiger partial charge in [0.15, 0.2) is 0 Å². The summed E-state index contributed by atoms with van der Waals surface area (Å²) >= 11 is 5.13. The average molecular weight is 163 g/mol. The Balaban J connectivity index is 0. The van der Waals surface area contributed by atoms with E-state index >= 15 is 0 Å². The number of unbranched alkanes of at least 4 members (excludes halogenated alkanes) is 3. The van der Waals surface area contributed by atoms with Crippen molar-refractivity contribution < 1.29 is 0 Å². The molecule has 0 unspecified atom stereocenters. The van der Waals surface area contributed by atoms with Gasteiger partial charge in [0.25, 0.3) is 0 Å². The Bertz CT molecular complexity index is 141. The monoisotopic (exact) mass is 162 g/mol. The molecule has 0 fully saturated rings. The van der Waals surface area contributed by atoms with E-state index in [-0.39, 0.29) is 18.9 Å². The summed E-state index contributed by atoms with van der Waals surface area (Å²) < 4.78 is 0. The third kappa shape index (κ3) is 13.2. The van der Waals surface area contributed by atoms with Crippen LogP contribution in [-0.2, 0) is 0 Å². The molecule has 0 aromatic carbocycles. The summed E-state index contributed by atoms with van der Waals surface area (Å²) in [7, 11) is 0. The molecule has 0 aromatic rings. The largest absolute Gasteiger partial charge is 0.0985 e. The van der Waals surface area contributed by atoms with Crippen molar-refractivity contribution in [2.24, 2.45) is 0 Å². The van der Waals surface area contributed by atoms with Crippen LogP contribution in [-0.4, -0.2) is 18.9 Å². The van der Waals surface area contributed by atoms with Gasteiger partial charge in [-0.2, -0.15) is 0 Å². The van der Waals surface area contributed by atoms with E-state index in [4.69, 9.17) is 11.6 Å². The maximum Gasteiger partial charge on any atom is 0.0682 e. The number of rotatable bonds is 3. The van der Waals surface area contributed by atoms with E-state index in [0.29, 0.717) is 0 Å². The fourth-order valence-electron chi connectivity index (χ4n) is 0.614. The maximum absolute atomic E-state index is 5.13. The fraction of sp³-hybridized carbons (Fsp3) is 0.556. The predicted molar refractivity (Wildman–Crippen MR) is 51.3 cm³/mol. The van der Waals surface area contributed by atoms with Gasteiger partial charge in [-0.05, 0) is 6.42 Å². The Morgan fingerprint density at radius 2 is 2.09 bits per heavy atom. The summed E-state index contributed by atoms with van der Waals surface area (Å²) in [5.41, 5.74) is 2.33. The minimum Gasteiger partial charge on any atom is -0.0985 e. The van der Waals surface area contributed by atoms with Crippen LogP contribution < -0.4 is 0 Å². The predicted octanol–water partition coefficient (Wildman–Crippen LogP) is 2.74. The van der Waals surface area contributed by atoms with E-state index in [0.717, 1.165) is 6.42 Å². The number of hydrogen-bond donors (Lipinski definition) is 0. The van der Waals surface area contributed by atoms with Gasteiger partial charge >= 0.3 is 0 Å². The maximum atomic E-state index is 5.13. The van der Waals surface area contributed by atoms with Gasteiger partial charge in [-0.1, -0.05) is 43.2 Å². The third-order valence-corrected chi connectivity index (χ3v) is 1.24. The van der Waals surface area contributed by atoms with Crippen molar-refractivity contribution in [1.29, 1.82) is 0 Å². The zero-order valence-electron chi connectivity index (χ0n) is 7.28. The molecule has 0 N–H and O–H groups in total. The fourth-order valence-corrected chi connectivity index (χ4v) is 0.668. The number of hydrogen-bond acceptors (Lipinski definition) is 0. The van der Waals surface area contributed by atoms with E-state index in [1.807, 2.05) is 0 Å². The Morgan fingerprint density at radius 3 is 2.64 bits per heavy atom. The second kappa shape index (κ2) is 12.8. The SMILES string of the molecule is CCCCCC#CC=[C]Cl.[Li]. The molecule has 0 aliphatic carbocycles. The Labute approximate surface area is 86.6 Å². The summed E-state index contributed by atoms with van der Waals surface area (Å²) in [6, 6.07) is 0. The van der Waals surface area contributed by atoms with Gasteiger partial charge in [-0.15, -0.1) is 0 Å². The number of allylic oxidation sites excluding steroid dienone is 1. The first kappa shape index (κ1) is 13.8. The molecule has 0 spiro atoms. The van der Waals surface area contributed by atoms with Crippen LogP contribution in [0.4, 0.5) is 0 Å². The quantitative estimate of drug-likeness (QED) is 0.340. The summed E-state index contributed by atoms with van der Waals surface area (Å²) in [6.45, 7) is 2.18. The molecule has 56 valence electrons. The van der Waals surface area contributed by atoms with Crippen molar-refractivity contribution in [3.63, 3.8) is 0 Å². The summed E-state index contributed by atoms with van der Waals surface area (Å²) in [5.74, 6) is 5.74. The van der Waals surface area contributed by atoms with Crippen LogP contribution in [0.2, 0.25) is 0 Å². The molecule has 0 heterocycles. The van der Waals surface area contributed by atoms with Gasteiger partial charge in [0.05, 0.1) is 5.54 Å². The van der Waals surface area contributed by atoms with Gasteiger partial charge in [0.1, 0.15) is 0 Å². The summed E-state index contributed by atoms with van der Waals surface area (Å²) in [4.78, 5) is 0. The standard InChI is InChI=1S/C9H12Cl.Li/c1-2-3-4-5-6-7-8-9-10;/h8H,2-5H2,1H3;.